The Morgan fingerprint density at radius 1 is 1.21 bits per heavy atom. The molecule has 0 aromatic rings. The first kappa shape index (κ1) is 15.6. The Morgan fingerprint density at radius 2 is 1.84 bits per heavy atom. The van der Waals surface area contributed by atoms with Gasteiger partial charge in [0.1, 0.15) is 0 Å². The number of nitrogens with zero attached hydrogens (tertiary/aromatic N) is 1. The van der Waals surface area contributed by atoms with Crippen LogP contribution in [0.5, 0.6) is 0 Å². The number of amides is 2. The monoisotopic (exact) mass is 274 g/mol. The Labute approximate surface area is 113 Å². The Hall–Kier alpha value is -1.50. The Balaban J connectivity index is 2.63. The van der Waals surface area contributed by atoms with Crippen molar-refractivity contribution in [2.75, 3.05) is 6.61 Å². The lowest BCUT2D eigenvalue weighted by molar-refractivity contribution is -0.0494. The molecule has 1 heterocycles. The number of nitrogens with one attached hydrogen (secondary N) is 1. The Kier molecular flexibility index (Phi) is 5.88. The van der Waals surface area contributed by atoms with Crippen LogP contribution in [0.4, 0.5) is 9.59 Å². The highest BCUT2D eigenvalue weighted by Crippen LogP contribution is 2.16. The van der Waals surface area contributed by atoms with Gasteiger partial charge in [-0.2, -0.15) is 5.01 Å². The second-order valence-electron chi connectivity index (χ2n) is 4.84. The maximum absolute atomic E-state index is 11.9. The molecular formula is C12H22N2O5. The minimum Gasteiger partial charge on any atom is -0.446 e. The van der Waals surface area contributed by atoms with Gasteiger partial charge in [0.15, 0.2) is 6.23 Å². The third kappa shape index (κ3) is 5.34. The minimum atomic E-state index is -0.703. The molecule has 1 unspecified atom stereocenters. The molecule has 0 saturated carbocycles. The van der Waals surface area contributed by atoms with Crippen LogP contribution in [-0.2, 0) is 14.2 Å². The molecule has 1 aliphatic rings. The standard InChI is InChI=1S/C12H22N2O5/c1-8(2)18-11(15)13-14(10-6-5-7-17-10)12(16)19-9(3)4/h8-10H,5-7H2,1-4H3,(H,13,15). The lowest BCUT2D eigenvalue weighted by atomic mass is 10.3. The lowest BCUT2D eigenvalue weighted by Crippen LogP contribution is -2.52. The van der Waals surface area contributed by atoms with E-state index in [2.05, 4.69) is 5.43 Å². The number of rotatable bonds is 3. The van der Waals surface area contributed by atoms with E-state index in [1.54, 1.807) is 27.7 Å². The van der Waals surface area contributed by atoms with Crippen LogP contribution in [-0.4, -0.2) is 42.2 Å². The van der Waals surface area contributed by atoms with Crippen LogP contribution in [0.15, 0.2) is 0 Å². The molecule has 1 aliphatic heterocycles. The van der Waals surface area contributed by atoms with E-state index in [-0.39, 0.29) is 12.2 Å². The fourth-order valence-electron chi connectivity index (χ4n) is 1.60. The summed E-state index contributed by atoms with van der Waals surface area (Å²) in [7, 11) is 0. The highest BCUT2D eigenvalue weighted by molar-refractivity contribution is 5.74. The fraction of sp³-hybridized carbons (Fsp3) is 0.833. The molecule has 1 N–H and O–H groups in total. The van der Waals surface area contributed by atoms with Gasteiger partial charge in [0.25, 0.3) is 0 Å². The maximum Gasteiger partial charge on any atom is 0.431 e. The van der Waals surface area contributed by atoms with E-state index in [0.29, 0.717) is 13.0 Å². The van der Waals surface area contributed by atoms with Gasteiger partial charge in [0.2, 0.25) is 0 Å². The van der Waals surface area contributed by atoms with Crippen LogP contribution in [0.3, 0.4) is 0 Å². The van der Waals surface area contributed by atoms with Crippen LogP contribution in [0, 0.1) is 0 Å². The van der Waals surface area contributed by atoms with E-state index in [9.17, 15) is 9.59 Å². The first-order valence-electron chi connectivity index (χ1n) is 6.49. The summed E-state index contributed by atoms with van der Waals surface area (Å²) in [5, 5.41) is 1.05. The molecular weight excluding hydrogens is 252 g/mol. The normalized spacial score (nSPS) is 18.5. The average molecular weight is 274 g/mol. The average Bonchev–Trinajstić information content (AvgIpc) is 2.76. The summed E-state index contributed by atoms with van der Waals surface area (Å²) < 4.78 is 15.4. The van der Waals surface area contributed by atoms with Gasteiger partial charge < -0.3 is 14.2 Å². The number of hydrogen-bond donors (Lipinski definition) is 1. The second-order valence-corrected chi connectivity index (χ2v) is 4.84. The zero-order chi connectivity index (χ0) is 14.4. The predicted octanol–water partition coefficient (Wildman–Crippen LogP) is 2.02. The summed E-state index contributed by atoms with van der Waals surface area (Å²) >= 11 is 0. The summed E-state index contributed by atoms with van der Waals surface area (Å²) in [4.78, 5) is 23.5. The van der Waals surface area contributed by atoms with E-state index in [0.717, 1.165) is 11.4 Å². The smallest absolute Gasteiger partial charge is 0.431 e. The van der Waals surface area contributed by atoms with Crippen LogP contribution >= 0.6 is 0 Å². The summed E-state index contributed by atoms with van der Waals surface area (Å²) in [5.74, 6) is 0. The van der Waals surface area contributed by atoms with Crippen molar-refractivity contribution < 1.29 is 23.8 Å². The maximum atomic E-state index is 11.9. The molecule has 0 aliphatic carbocycles. The zero-order valence-electron chi connectivity index (χ0n) is 11.8. The third-order valence-corrected chi connectivity index (χ3v) is 2.28. The van der Waals surface area contributed by atoms with Gasteiger partial charge >= 0.3 is 12.2 Å². The zero-order valence-corrected chi connectivity index (χ0v) is 11.8. The van der Waals surface area contributed by atoms with Crippen LogP contribution in [0.25, 0.3) is 0 Å². The fourth-order valence-corrected chi connectivity index (χ4v) is 1.60. The summed E-state index contributed by atoms with van der Waals surface area (Å²) in [6.45, 7) is 7.47. The number of ether oxygens (including phenoxy) is 3. The first-order valence-corrected chi connectivity index (χ1v) is 6.49. The number of carbonyl (C=O) groups is 2. The molecule has 19 heavy (non-hydrogen) atoms. The quantitative estimate of drug-likeness (QED) is 0.797. The Morgan fingerprint density at radius 3 is 2.32 bits per heavy atom. The van der Waals surface area contributed by atoms with E-state index in [4.69, 9.17) is 14.2 Å². The molecule has 0 aromatic carbocycles. The van der Waals surface area contributed by atoms with Gasteiger partial charge in [-0.15, -0.1) is 0 Å². The highest BCUT2D eigenvalue weighted by Gasteiger charge is 2.31. The molecule has 7 heteroatoms. The Bertz CT molecular complexity index is 313. The lowest BCUT2D eigenvalue weighted by Gasteiger charge is -2.28. The van der Waals surface area contributed by atoms with E-state index in [1.807, 2.05) is 0 Å². The molecule has 0 bridgehead atoms. The van der Waals surface area contributed by atoms with Crippen molar-refractivity contribution in [1.29, 1.82) is 0 Å². The van der Waals surface area contributed by atoms with Gasteiger partial charge in [0, 0.05) is 6.61 Å². The summed E-state index contributed by atoms with van der Waals surface area (Å²) in [6, 6.07) is 0. The van der Waals surface area contributed by atoms with Crippen molar-refractivity contribution in [1.82, 2.24) is 10.4 Å². The molecule has 1 atom stereocenters. The SMILES string of the molecule is CC(C)OC(=O)NN(C(=O)OC(C)C)C1CCCO1. The molecule has 1 saturated heterocycles. The van der Waals surface area contributed by atoms with Crippen molar-refractivity contribution in [2.45, 2.75) is 59.0 Å². The van der Waals surface area contributed by atoms with Gasteiger partial charge in [0.05, 0.1) is 12.2 Å². The van der Waals surface area contributed by atoms with Crippen molar-refractivity contribution in [3.05, 3.63) is 0 Å². The largest absolute Gasteiger partial charge is 0.446 e. The van der Waals surface area contributed by atoms with Crippen LogP contribution < -0.4 is 5.43 Å². The van der Waals surface area contributed by atoms with Gasteiger partial charge in [-0.1, -0.05) is 0 Å². The highest BCUT2D eigenvalue weighted by atomic mass is 16.6. The molecule has 7 nitrogen and oxygen atoms in total. The topological polar surface area (TPSA) is 77.1 Å². The molecule has 110 valence electrons. The molecule has 1 rings (SSSR count). The second kappa shape index (κ2) is 7.18. The first-order chi connectivity index (χ1) is 8.90. The van der Waals surface area contributed by atoms with E-state index < -0.39 is 18.4 Å². The van der Waals surface area contributed by atoms with Gasteiger partial charge in [-0.05, 0) is 40.5 Å². The predicted molar refractivity (Wildman–Crippen MR) is 67.2 cm³/mol. The van der Waals surface area contributed by atoms with Crippen molar-refractivity contribution >= 4 is 12.2 Å². The van der Waals surface area contributed by atoms with Gasteiger partial charge in [-0.3, -0.25) is 0 Å². The molecule has 1 fully saturated rings. The minimum absolute atomic E-state index is 0.271. The van der Waals surface area contributed by atoms with Crippen LogP contribution in [0.1, 0.15) is 40.5 Å². The molecule has 0 spiro atoms. The summed E-state index contributed by atoms with van der Waals surface area (Å²) in [5.41, 5.74) is 2.37. The van der Waals surface area contributed by atoms with Crippen molar-refractivity contribution in [3.63, 3.8) is 0 Å². The van der Waals surface area contributed by atoms with Gasteiger partial charge in [-0.25, -0.2) is 15.0 Å². The summed E-state index contributed by atoms with van der Waals surface area (Å²) in [6.07, 6.45) is -0.932. The number of hydrogen-bond acceptors (Lipinski definition) is 5. The van der Waals surface area contributed by atoms with E-state index >= 15 is 0 Å². The third-order valence-electron chi connectivity index (χ3n) is 2.28. The van der Waals surface area contributed by atoms with Crippen LogP contribution in [0.2, 0.25) is 0 Å². The number of hydrazine groups is 1. The number of carbonyl (C=O) groups excluding carboxylic acids is 2. The van der Waals surface area contributed by atoms with Crippen molar-refractivity contribution in [3.8, 4) is 0 Å². The molecule has 0 radical (unpaired) electrons. The van der Waals surface area contributed by atoms with E-state index in [1.165, 1.54) is 0 Å². The van der Waals surface area contributed by atoms with Crippen molar-refractivity contribution in [2.24, 2.45) is 0 Å². The molecule has 2 amide bonds. The molecule has 0 aromatic heterocycles.